The lowest BCUT2D eigenvalue weighted by atomic mass is 9.98. The first-order chi connectivity index (χ1) is 11.8. The largest absolute Gasteiger partial charge is 0.423 e. The summed E-state index contributed by atoms with van der Waals surface area (Å²) in [5.74, 6) is -2.78. The Morgan fingerprint density at radius 2 is 1.92 bits per heavy atom. The first kappa shape index (κ1) is 21.8. The number of unbranched alkanes of at least 4 members (excludes halogenated alkanes) is 2. The summed E-state index contributed by atoms with van der Waals surface area (Å²) in [5.41, 5.74) is 0. The Hall–Kier alpha value is -0.470. The van der Waals surface area contributed by atoms with Crippen molar-refractivity contribution < 1.29 is 23.9 Å². The molecule has 2 aliphatic heterocycles. The van der Waals surface area contributed by atoms with E-state index in [1.165, 1.54) is 30.5 Å². The second-order valence-corrected chi connectivity index (χ2v) is 11.6. The SMILES string of the molecule is CCCCCC(=O)OC(C)(C)OC(=O)[C@@H]1N2C(=O)C(Cl)(Br)[C@H]2SC1(C)C. The molecule has 0 bridgehead atoms. The molecule has 2 aliphatic rings. The molecule has 1 unspecified atom stereocenters. The van der Waals surface area contributed by atoms with E-state index in [4.69, 9.17) is 21.1 Å². The van der Waals surface area contributed by atoms with E-state index in [2.05, 4.69) is 15.9 Å². The van der Waals surface area contributed by atoms with Crippen LogP contribution in [-0.4, -0.2) is 48.5 Å². The van der Waals surface area contributed by atoms with Crippen LogP contribution in [0, 0.1) is 0 Å². The van der Waals surface area contributed by atoms with Crippen LogP contribution in [0.5, 0.6) is 0 Å². The number of carbonyl (C=O) groups excluding carboxylic acids is 3. The van der Waals surface area contributed by atoms with E-state index >= 15 is 0 Å². The molecule has 0 aromatic heterocycles. The lowest BCUT2D eigenvalue weighted by Gasteiger charge is -2.46. The number of rotatable bonds is 7. The lowest BCUT2D eigenvalue weighted by molar-refractivity contribution is -0.221. The second-order valence-electron chi connectivity index (χ2n) is 7.56. The highest BCUT2D eigenvalue weighted by molar-refractivity contribution is 9.11. The minimum atomic E-state index is -1.40. The number of hydrogen-bond acceptors (Lipinski definition) is 6. The quantitative estimate of drug-likeness (QED) is 0.185. The van der Waals surface area contributed by atoms with Gasteiger partial charge in [0.2, 0.25) is 3.78 Å². The van der Waals surface area contributed by atoms with Crippen molar-refractivity contribution in [3.63, 3.8) is 0 Å². The zero-order valence-electron chi connectivity index (χ0n) is 15.6. The number of alkyl halides is 2. The van der Waals surface area contributed by atoms with E-state index in [9.17, 15) is 14.4 Å². The molecule has 2 saturated heterocycles. The predicted octanol–water partition coefficient (Wildman–Crippen LogP) is 3.78. The van der Waals surface area contributed by atoms with Gasteiger partial charge in [0.1, 0.15) is 11.4 Å². The Bertz CT molecular complexity index is 610. The average Bonchev–Trinajstić information content (AvgIpc) is 2.76. The predicted molar refractivity (Wildman–Crippen MR) is 104 cm³/mol. The van der Waals surface area contributed by atoms with E-state index in [0.717, 1.165) is 19.3 Å². The number of halogens is 2. The van der Waals surface area contributed by atoms with Crippen molar-refractivity contribution in [2.75, 3.05) is 0 Å². The van der Waals surface area contributed by atoms with E-state index in [0.29, 0.717) is 0 Å². The van der Waals surface area contributed by atoms with Crippen molar-refractivity contribution in [1.82, 2.24) is 4.90 Å². The number of ether oxygens (including phenoxy) is 2. The zero-order chi connectivity index (χ0) is 19.9. The standard InChI is InChI=1S/C17H25BrClNO5S/c1-6-7-8-9-10(21)24-16(4,5)25-12(22)11-15(2,3)26-14-17(18,19)13(23)20(11)14/h11,14H,6-9H2,1-5H3/t11-,14+,17?/m0/s1. The maximum absolute atomic E-state index is 12.8. The van der Waals surface area contributed by atoms with Gasteiger partial charge in [-0.25, -0.2) is 4.79 Å². The first-order valence-corrected chi connectivity index (χ1v) is 10.7. The van der Waals surface area contributed by atoms with E-state index < -0.39 is 32.3 Å². The molecule has 0 N–H and O–H groups in total. The summed E-state index contributed by atoms with van der Waals surface area (Å²) in [7, 11) is 0. The summed E-state index contributed by atoms with van der Waals surface area (Å²) in [6, 6.07) is -0.799. The van der Waals surface area contributed by atoms with Crippen LogP contribution < -0.4 is 0 Å². The fraction of sp³-hybridized carbons (Fsp3) is 0.824. The van der Waals surface area contributed by atoms with E-state index in [-0.39, 0.29) is 17.7 Å². The zero-order valence-corrected chi connectivity index (χ0v) is 18.8. The van der Waals surface area contributed by atoms with Crippen molar-refractivity contribution in [2.45, 2.75) is 86.0 Å². The Labute approximate surface area is 171 Å². The van der Waals surface area contributed by atoms with Crippen LogP contribution in [0.2, 0.25) is 0 Å². The molecule has 6 nitrogen and oxygen atoms in total. The molecule has 0 spiro atoms. The number of amides is 1. The van der Waals surface area contributed by atoms with Gasteiger partial charge in [-0.3, -0.25) is 9.59 Å². The summed E-state index contributed by atoms with van der Waals surface area (Å²) in [5, 5.41) is -0.357. The molecule has 26 heavy (non-hydrogen) atoms. The van der Waals surface area contributed by atoms with Gasteiger partial charge in [0.25, 0.3) is 11.7 Å². The topological polar surface area (TPSA) is 72.9 Å². The molecule has 0 saturated carbocycles. The molecule has 0 aromatic carbocycles. The van der Waals surface area contributed by atoms with Crippen molar-refractivity contribution in [2.24, 2.45) is 0 Å². The molecule has 2 heterocycles. The fourth-order valence-corrected chi connectivity index (χ4v) is 5.66. The third-order valence-electron chi connectivity index (χ3n) is 4.35. The maximum atomic E-state index is 12.8. The van der Waals surface area contributed by atoms with Crippen LogP contribution in [0.25, 0.3) is 0 Å². The van der Waals surface area contributed by atoms with Crippen LogP contribution in [0.1, 0.15) is 60.3 Å². The highest BCUT2D eigenvalue weighted by atomic mass is 79.9. The molecular formula is C17H25BrClNO5S. The van der Waals surface area contributed by atoms with Crippen molar-refractivity contribution in [3.8, 4) is 0 Å². The Balaban J connectivity index is 2.02. The molecule has 2 rings (SSSR count). The van der Waals surface area contributed by atoms with Crippen LogP contribution >= 0.6 is 39.3 Å². The molecule has 1 amide bonds. The van der Waals surface area contributed by atoms with E-state index in [1.54, 1.807) is 0 Å². The summed E-state index contributed by atoms with van der Waals surface area (Å²) >= 11 is 10.9. The van der Waals surface area contributed by atoms with Gasteiger partial charge < -0.3 is 14.4 Å². The van der Waals surface area contributed by atoms with Gasteiger partial charge in [0.15, 0.2) is 0 Å². The van der Waals surface area contributed by atoms with Crippen LogP contribution in [-0.2, 0) is 23.9 Å². The number of fused-ring (bicyclic) bond motifs is 1. The molecule has 2 fully saturated rings. The van der Waals surface area contributed by atoms with Gasteiger partial charge in [0.05, 0.1) is 0 Å². The van der Waals surface area contributed by atoms with Crippen LogP contribution in [0.15, 0.2) is 0 Å². The van der Waals surface area contributed by atoms with Crippen LogP contribution in [0.4, 0.5) is 0 Å². The minimum absolute atomic E-state index is 0.282. The summed E-state index contributed by atoms with van der Waals surface area (Å²) in [6.07, 6.45) is 2.96. The van der Waals surface area contributed by atoms with Gasteiger partial charge in [0, 0.05) is 25.0 Å². The summed E-state index contributed by atoms with van der Waals surface area (Å²) < 4.78 is 8.99. The number of nitrogens with zero attached hydrogens (tertiary/aromatic N) is 1. The van der Waals surface area contributed by atoms with Crippen molar-refractivity contribution in [3.05, 3.63) is 0 Å². The maximum Gasteiger partial charge on any atom is 0.333 e. The number of esters is 2. The highest BCUT2D eigenvalue weighted by Crippen LogP contribution is 2.59. The Morgan fingerprint density at radius 1 is 1.31 bits per heavy atom. The number of carbonyl (C=O) groups is 3. The van der Waals surface area contributed by atoms with Gasteiger partial charge in [-0.1, -0.05) is 47.3 Å². The molecule has 3 atom stereocenters. The third kappa shape index (κ3) is 4.17. The van der Waals surface area contributed by atoms with Crippen molar-refractivity contribution >= 4 is 57.1 Å². The molecule has 148 valence electrons. The summed E-state index contributed by atoms with van der Waals surface area (Å²) in [4.78, 5) is 38.4. The average molecular weight is 471 g/mol. The fourth-order valence-electron chi connectivity index (χ4n) is 3.12. The van der Waals surface area contributed by atoms with Crippen LogP contribution in [0.3, 0.4) is 0 Å². The third-order valence-corrected chi connectivity index (χ3v) is 7.56. The molecule has 9 heteroatoms. The molecular weight excluding hydrogens is 446 g/mol. The van der Waals surface area contributed by atoms with Gasteiger partial charge in [-0.05, 0) is 20.3 Å². The Kier molecular flexibility index (Phi) is 6.30. The highest BCUT2D eigenvalue weighted by Gasteiger charge is 2.70. The lowest BCUT2D eigenvalue weighted by Crippen LogP contribution is -2.68. The summed E-state index contributed by atoms with van der Waals surface area (Å²) in [6.45, 7) is 8.80. The number of hydrogen-bond donors (Lipinski definition) is 0. The smallest absolute Gasteiger partial charge is 0.333 e. The van der Waals surface area contributed by atoms with Crippen molar-refractivity contribution in [1.29, 1.82) is 0 Å². The molecule has 0 radical (unpaired) electrons. The normalized spacial score (nSPS) is 29.8. The van der Waals surface area contributed by atoms with Gasteiger partial charge in [-0.2, -0.15) is 0 Å². The monoisotopic (exact) mass is 469 g/mol. The minimum Gasteiger partial charge on any atom is -0.423 e. The number of β-lactam (4-membered cyclic amide) rings is 1. The second kappa shape index (κ2) is 7.51. The molecule has 0 aromatic rings. The number of thioether (sulfide) groups is 1. The Morgan fingerprint density at radius 3 is 2.50 bits per heavy atom. The van der Waals surface area contributed by atoms with Gasteiger partial charge in [-0.15, -0.1) is 11.8 Å². The molecule has 0 aliphatic carbocycles. The van der Waals surface area contributed by atoms with E-state index in [1.807, 2.05) is 20.8 Å². The van der Waals surface area contributed by atoms with Gasteiger partial charge >= 0.3 is 11.9 Å². The first-order valence-electron chi connectivity index (χ1n) is 8.66.